The largest absolute Gasteiger partial charge is 0.569 e. The molecule has 1 N–H and O–H groups in total. The maximum Gasteiger partial charge on any atom is 0.435 e. The third-order valence-electron chi connectivity index (χ3n) is 7.02. The van der Waals surface area contributed by atoms with Crippen molar-refractivity contribution in [1.29, 1.82) is 0 Å². The minimum Gasteiger partial charge on any atom is -0.569 e. The molecule has 3 aromatic carbocycles. The number of amides is 1. The summed E-state index contributed by atoms with van der Waals surface area (Å²) in [6.07, 6.45) is -7.32. The normalized spacial score (nSPS) is 12.9. The van der Waals surface area contributed by atoms with E-state index in [1.807, 2.05) is 6.92 Å². The van der Waals surface area contributed by atoms with Crippen LogP contribution in [-0.2, 0) is 30.5 Å². The van der Waals surface area contributed by atoms with E-state index in [1.54, 1.807) is 68.0 Å². The van der Waals surface area contributed by atoms with Crippen LogP contribution in [0.2, 0.25) is 0 Å². The zero-order valence-corrected chi connectivity index (χ0v) is 28.9. The highest BCUT2D eigenvalue weighted by Gasteiger charge is 2.35. The average Bonchev–Trinajstić information content (AvgIpc) is 3.52. The number of nitrogens with zero attached hydrogens (tertiary/aromatic N) is 5. The predicted octanol–water partition coefficient (Wildman–Crippen LogP) is 6.39. The molecular weight excluding hydrogens is 697 g/mol. The van der Waals surface area contributed by atoms with Crippen molar-refractivity contribution < 1.29 is 50.5 Å². The number of carbonyl (C=O) groups is 2. The monoisotopic (exact) mass is 732 g/mol. The zero-order valence-electron chi connectivity index (χ0n) is 28.1. The van der Waals surface area contributed by atoms with E-state index < -0.39 is 52.4 Å². The van der Waals surface area contributed by atoms with E-state index in [9.17, 15) is 36.4 Å². The van der Waals surface area contributed by atoms with Crippen molar-refractivity contribution in [2.75, 3.05) is 13.2 Å². The molecule has 0 fully saturated rings. The zero-order chi connectivity index (χ0) is 37.6. The first-order chi connectivity index (χ1) is 23.8. The lowest BCUT2D eigenvalue weighted by Crippen LogP contribution is -2.48. The molecule has 1 amide bonds. The molecule has 18 heteroatoms. The number of benzene rings is 3. The van der Waals surface area contributed by atoms with Crippen LogP contribution in [0, 0.1) is 12.1 Å². The van der Waals surface area contributed by atoms with E-state index in [0.717, 1.165) is 33.5 Å². The van der Waals surface area contributed by atoms with Gasteiger partial charge in [-0.05, 0) is 70.2 Å². The molecule has 0 radical (unpaired) electrons. The molecule has 0 aliphatic carbocycles. The minimum absolute atomic E-state index is 0.0773. The van der Waals surface area contributed by atoms with E-state index >= 15 is 0 Å². The van der Waals surface area contributed by atoms with Crippen LogP contribution in [0.4, 0.5) is 18.0 Å². The van der Waals surface area contributed by atoms with E-state index in [-0.39, 0.29) is 33.4 Å². The summed E-state index contributed by atoms with van der Waals surface area (Å²) in [6.45, 7) is 7.41. The van der Waals surface area contributed by atoms with Crippen LogP contribution in [0.15, 0.2) is 95.1 Å². The van der Waals surface area contributed by atoms with Gasteiger partial charge < -0.3 is 14.7 Å². The number of sulfonamides is 1. The van der Waals surface area contributed by atoms with Crippen LogP contribution in [0.1, 0.15) is 49.3 Å². The number of hydrogen-bond donors (Lipinski definition) is 1. The molecule has 0 bridgehead atoms. The van der Waals surface area contributed by atoms with Crippen LogP contribution >= 0.6 is 0 Å². The molecule has 272 valence electrons. The molecule has 1 aromatic heterocycles. The number of aromatic nitrogens is 2. The summed E-state index contributed by atoms with van der Waals surface area (Å²) >= 11 is 0. The Hall–Kier alpha value is -5.65. The highest BCUT2D eigenvalue weighted by atomic mass is 32.2. The first kappa shape index (κ1) is 38.2. The number of ether oxygens (including phenoxy) is 2. The Morgan fingerprint density at radius 3 is 2.24 bits per heavy atom. The lowest BCUT2D eigenvalue weighted by atomic mass is 10.1. The van der Waals surface area contributed by atoms with Gasteiger partial charge in [-0.15, -0.1) is 5.01 Å². The molecule has 14 nitrogen and oxygen atoms in total. The Bertz CT molecular complexity index is 1960. The van der Waals surface area contributed by atoms with Crippen molar-refractivity contribution in [2.24, 2.45) is 5.28 Å². The van der Waals surface area contributed by atoms with Crippen LogP contribution in [0.25, 0.3) is 16.9 Å². The fourth-order valence-electron chi connectivity index (χ4n) is 4.48. The van der Waals surface area contributed by atoms with Crippen LogP contribution < -0.4 is 4.72 Å². The number of aryl methyl sites for hydroxylation is 1. The second-order valence-electron chi connectivity index (χ2n) is 12.0. The van der Waals surface area contributed by atoms with Crippen molar-refractivity contribution in [3.63, 3.8) is 0 Å². The molecule has 4 aromatic rings. The van der Waals surface area contributed by atoms with Crippen molar-refractivity contribution in [1.82, 2.24) is 19.5 Å². The predicted molar refractivity (Wildman–Crippen MR) is 175 cm³/mol. The summed E-state index contributed by atoms with van der Waals surface area (Å²) in [5.41, 5.74) is -0.148. The summed E-state index contributed by atoms with van der Waals surface area (Å²) in [4.78, 5) is 29.3. The maximum absolute atomic E-state index is 13.5. The van der Waals surface area contributed by atoms with Crippen molar-refractivity contribution in [3.8, 4) is 16.9 Å². The number of esters is 1. The summed E-state index contributed by atoms with van der Waals surface area (Å²) in [6, 6.07) is 20.4. The molecule has 0 aliphatic rings. The number of halogens is 3. The summed E-state index contributed by atoms with van der Waals surface area (Å²) < 4.78 is 79.3. The molecule has 1 unspecified atom stereocenters. The average molecular weight is 733 g/mol. The van der Waals surface area contributed by atoms with Crippen LogP contribution in [-0.4, -0.2) is 65.2 Å². The summed E-state index contributed by atoms with van der Waals surface area (Å²) in [7, 11) is -4.49. The van der Waals surface area contributed by atoms with Gasteiger partial charge in [-0.25, -0.2) is 27.4 Å². The fourth-order valence-corrected chi connectivity index (χ4v) is 5.37. The number of nitrogens with one attached hydrogen (secondary N) is 1. The summed E-state index contributed by atoms with van der Waals surface area (Å²) in [5.74, 6) is -0.696. The minimum atomic E-state index is -4.73. The lowest BCUT2D eigenvalue weighted by Gasteiger charge is -2.30. The molecule has 4 rings (SSSR count). The van der Waals surface area contributed by atoms with Crippen LogP contribution in [0.5, 0.6) is 0 Å². The Balaban J connectivity index is 1.37. The first-order valence-corrected chi connectivity index (χ1v) is 16.8. The molecule has 51 heavy (non-hydrogen) atoms. The van der Waals surface area contributed by atoms with Gasteiger partial charge in [-0.1, -0.05) is 48.0 Å². The molecule has 0 saturated heterocycles. The lowest BCUT2D eigenvalue weighted by molar-refractivity contribution is -0.727. The van der Waals surface area contributed by atoms with E-state index in [0.29, 0.717) is 5.56 Å². The first-order valence-electron chi connectivity index (χ1n) is 15.3. The standard InChI is InChI=1S/C33H35F3N6O8S/c1-22-11-13-24(14-12-22)28-21-29(33(34,35)36)37-41(28)26-15-17-27(18-16-26)51(46,47)38-31(44)48-20-19-40(32(3,4)5)42(45)39-50-23(2)49-30(43)25-9-7-6-8-10-25/h6-18,21,23H,19-20H2,1-5H3,(H,38,44). The van der Waals surface area contributed by atoms with Gasteiger partial charge in [0.05, 0.1) is 32.3 Å². The molecular formula is C33H35F3N6O8S. The van der Waals surface area contributed by atoms with Crippen molar-refractivity contribution in [3.05, 3.63) is 107 Å². The highest BCUT2D eigenvalue weighted by molar-refractivity contribution is 7.90. The third-order valence-corrected chi connectivity index (χ3v) is 8.35. The molecule has 0 spiro atoms. The van der Waals surface area contributed by atoms with Gasteiger partial charge in [0, 0.05) is 12.5 Å². The molecule has 1 atom stereocenters. The highest BCUT2D eigenvalue weighted by Crippen LogP contribution is 2.33. The molecule has 1 heterocycles. The van der Waals surface area contributed by atoms with Crippen molar-refractivity contribution >= 4 is 22.1 Å². The number of rotatable bonds is 12. The van der Waals surface area contributed by atoms with Gasteiger partial charge in [0.25, 0.3) is 16.3 Å². The summed E-state index contributed by atoms with van der Waals surface area (Å²) in [5, 5.41) is 20.9. The van der Waals surface area contributed by atoms with Gasteiger partial charge in [-0.2, -0.15) is 18.3 Å². The Kier molecular flexibility index (Phi) is 11.6. The van der Waals surface area contributed by atoms with Crippen molar-refractivity contribution in [2.45, 2.75) is 57.5 Å². The number of hydrazine groups is 1. The molecule has 0 aliphatic heterocycles. The topological polar surface area (TPSA) is 167 Å². The number of carbonyl (C=O) groups excluding carboxylic acids is 2. The quantitative estimate of drug-likeness (QED) is 0.0566. The second kappa shape index (κ2) is 15.5. The van der Waals surface area contributed by atoms with Gasteiger partial charge in [-0.3, -0.25) is 4.84 Å². The van der Waals surface area contributed by atoms with Gasteiger partial charge in [0.2, 0.25) is 5.28 Å². The van der Waals surface area contributed by atoms with Gasteiger partial charge in [0.15, 0.2) is 5.69 Å². The Morgan fingerprint density at radius 2 is 1.65 bits per heavy atom. The third kappa shape index (κ3) is 10.2. The van der Waals surface area contributed by atoms with E-state index in [4.69, 9.17) is 14.3 Å². The smallest absolute Gasteiger partial charge is 0.435 e. The Labute approximate surface area is 291 Å². The fraction of sp³-hybridized carbons (Fsp3) is 0.303. The van der Waals surface area contributed by atoms with Crippen LogP contribution in [0.3, 0.4) is 0 Å². The molecule has 0 saturated carbocycles. The second-order valence-corrected chi connectivity index (χ2v) is 13.7. The van der Waals surface area contributed by atoms with Gasteiger partial charge >= 0.3 is 18.2 Å². The maximum atomic E-state index is 13.5. The van der Waals surface area contributed by atoms with E-state index in [1.165, 1.54) is 31.2 Å². The Morgan fingerprint density at radius 1 is 1.02 bits per heavy atom. The SMILES string of the molecule is Cc1ccc(-c2cc(C(F)(F)F)nn2-c2ccc(S(=O)(=O)NC(=O)OCCN([N+]([O-])=NOC(C)OC(=O)c3ccccc3)C(C)(C)C)cc2)cc1. The number of alkyl halides is 3. The van der Waals surface area contributed by atoms with Gasteiger partial charge in [0.1, 0.15) is 13.2 Å². The van der Waals surface area contributed by atoms with E-state index in [2.05, 4.69) is 10.4 Å². The number of hydrogen-bond acceptors (Lipinski definition) is 10.